The number of hydrogen-bond acceptors (Lipinski definition) is 7. The van der Waals surface area contributed by atoms with Crippen molar-refractivity contribution in [3.63, 3.8) is 0 Å². The highest BCUT2D eigenvalue weighted by atomic mass is 16.5. The van der Waals surface area contributed by atoms with Crippen molar-refractivity contribution in [1.82, 2.24) is 5.43 Å². The molecule has 0 radical (unpaired) electrons. The largest absolute Gasteiger partial charge is 0.464 e. The molecule has 1 atom stereocenters. The minimum atomic E-state index is -0.758. The summed E-state index contributed by atoms with van der Waals surface area (Å²) >= 11 is 0. The first kappa shape index (κ1) is 17.7. The number of carbonyl (C=O) groups is 3. The van der Waals surface area contributed by atoms with Crippen LogP contribution in [0, 0.1) is 0 Å². The Morgan fingerprint density at radius 3 is 2.18 bits per heavy atom. The lowest BCUT2D eigenvalue weighted by Gasteiger charge is -2.27. The number of hydrogen-bond donors (Lipinski definition) is 1. The van der Waals surface area contributed by atoms with Crippen molar-refractivity contribution in [2.45, 2.75) is 5.92 Å². The highest BCUT2D eigenvalue weighted by Crippen LogP contribution is 2.43. The molecular formula is C21H16N2O5. The van der Waals surface area contributed by atoms with Crippen molar-refractivity contribution in [1.29, 1.82) is 0 Å². The van der Waals surface area contributed by atoms with Crippen molar-refractivity contribution < 1.29 is 23.9 Å². The van der Waals surface area contributed by atoms with Gasteiger partial charge in [0.15, 0.2) is 11.5 Å². The third-order valence-electron chi connectivity index (χ3n) is 4.88. The lowest BCUT2D eigenvalue weighted by Crippen LogP contribution is -2.35. The third kappa shape index (κ3) is 2.51. The van der Waals surface area contributed by atoms with Crippen LogP contribution < -0.4 is 5.43 Å². The average molecular weight is 376 g/mol. The maximum Gasteiger partial charge on any atom is 0.356 e. The van der Waals surface area contributed by atoms with Gasteiger partial charge in [-0.05, 0) is 11.1 Å². The summed E-state index contributed by atoms with van der Waals surface area (Å²) in [5, 5.41) is 4.10. The van der Waals surface area contributed by atoms with Crippen LogP contribution in [-0.4, -0.2) is 37.7 Å². The van der Waals surface area contributed by atoms with E-state index in [2.05, 4.69) is 10.5 Å². The van der Waals surface area contributed by atoms with E-state index in [1.165, 1.54) is 14.2 Å². The molecule has 2 aromatic carbocycles. The summed E-state index contributed by atoms with van der Waals surface area (Å²) in [5.41, 5.74) is 5.21. The molecule has 140 valence electrons. The Labute approximate surface area is 160 Å². The molecule has 4 rings (SSSR count). The number of ketones is 1. The number of rotatable bonds is 2. The maximum absolute atomic E-state index is 13.2. The van der Waals surface area contributed by atoms with E-state index in [0.717, 1.165) is 0 Å². The quantitative estimate of drug-likeness (QED) is 0.806. The second-order valence-corrected chi connectivity index (χ2v) is 6.28. The lowest BCUT2D eigenvalue weighted by atomic mass is 9.81. The van der Waals surface area contributed by atoms with Gasteiger partial charge in [0.05, 0.1) is 20.1 Å². The first-order valence-corrected chi connectivity index (χ1v) is 8.56. The van der Waals surface area contributed by atoms with E-state index >= 15 is 0 Å². The molecule has 7 nitrogen and oxygen atoms in total. The van der Waals surface area contributed by atoms with Gasteiger partial charge in [-0.3, -0.25) is 10.2 Å². The first-order valence-electron chi connectivity index (χ1n) is 8.56. The molecule has 1 N–H and O–H groups in total. The van der Waals surface area contributed by atoms with E-state index in [9.17, 15) is 14.4 Å². The molecule has 2 aromatic rings. The number of esters is 2. The van der Waals surface area contributed by atoms with Crippen molar-refractivity contribution in [3.8, 4) is 0 Å². The maximum atomic E-state index is 13.2. The second-order valence-electron chi connectivity index (χ2n) is 6.28. The van der Waals surface area contributed by atoms with Gasteiger partial charge in [-0.15, -0.1) is 0 Å². The summed E-state index contributed by atoms with van der Waals surface area (Å²) in [6.07, 6.45) is 0. The number of allylic oxidation sites excluding steroid dienone is 1. The van der Waals surface area contributed by atoms with Gasteiger partial charge in [0, 0.05) is 16.7 Å². The van der Waals surface area contributed by atoms with Crippen molar-refractivity contribution >= 4 is 29.0 Å². The van der Waals surface area contributed by atoms with E-state index < -0.39 is 17.9 Å². The van der Waals surface area contributed by atoms with E-state index in [-0.39, 0.29) is 17.2 Å². The summed E-state index contributed by atoms with van der Waals surface area (Å²) in [5.74, 6) is -2.25. The minimum absolute atomic E-state index is 0.0575. The Morgan fingerprint density at radius 1 is 0.893 bits per heavy atom. The normalized spacial score (nSPS) is 17.3. The van der Waals surface area contributed by atoms with Crippen molar-refractivity contribution in [2.75, 3.05) is 14.2 Å². The number of hydrazone groups is 1. The van der Waals surface area contributed by atoms with Crippen molar-refractivity contribution in [3.05, 3.63) is 76.5 Å². The van der Waals surface area contributed by atoms with Gasteiger partial charge < -0.3 is 9.47 Å². The summed E-state index contributed by atoms with van der Waals surface area (Å²) in [6.45, 7) is 0. The fourth-order valence-corrected chi connectivity index (χ4v) is 3.66. The van der Waals surface area contributed by atoms with Crippen LogP contribution in [0.2, 0.25) is 0 Å². The number of ether oxygens (including phenoxy) is 2. The molecular weight excluding hydrogens is 360 g/mol. The predicted octanol–water partition coefficient (Wildman–Crippen LogP) is 2.03. The van der Waals surface area contributed by atoms with Gasteiger partial charge >= 0.3 is 11.9 Å². The standard InChI is InChI=1S/C21H16N2O5/c1-27-20(25)17-15-11-7-3-5-9-13(11)19(24)14-10-6-4-8-12(14)16(15)18(23-22-17)21(26)28-2/h3-10,15,23H,1-2H3. The zero-order valence-electron chi connectivity index (χ0n) is 15.2. The van der Waals surface area contributed by atoms with Crippen LogP contribution in [0.5, 0.6) is 0 Å². The topological polar surface area (TPSA) is 94.1 Å². The summed E-state index contributed by atoms with van der Waals surface area (Å²) in [6, 6.07) is 13.9. The highest BCUT2D eigenvalue weighted by molar-refractivity contribution is 6.42. The molecule has 0 spiro atoms. The number of fused-ring (bicyclic) bond motifs is 5. The van der Waals surface area contributed by atoms with Crippen LogP contribution >= 0.6 is 0 Å². The molecule has 1 heterocycles. The van der Waals surface area contributed by atoms with Crippen molar-refractivity contribution in [2.24, 2.45) is 5.10 Å². The van der Waals surface area contributed by atoms with Crippen LogP contribution in [0.15, 0.2) is 59.3 Å². The Hall–Kier alpha value is -3.74. The molecule has 1 aliphatic heterocycles. The van der Waals surface area contributed by atoms with Crippen LogP contribution in [0.3, 0.4) is 0 Å². The SMILES string of the molecule is COC(=O)C1=NNC(C(=O)OC)=C2c3ccccc3C(=O)c3ccccc3C12. The fraction of sp³-hybridized carbons (Fsp3) is 0.143. The average Bonchev–Trinajstić information content (AvgIpc) is 2.86. The molecule has 0 saturated carbocycles. The van der Waals surface area contributed by atoms with Gasteiger partial charge in [-0.2, -0.15) is 5.10 Å². The Balaban J connectivity index is 2.12. The molecule has 1 unspecified atom stereocenters. The molecule has 28 heavy (non-hydrogen) atoms. The second kappa shape index (κ2) is 6.77. The van der Waals surface area contributed by atoms with Crippen LogP contribution in [0.25, 0.3) is 5.57 Å². The molecule has 0 amide bonds. The van der Waals surface area contributed by atoms with E-state index in [1.54, 1.807) is 48.5 Å². The van der Waals surface area contributed by atoms with E-state index in [4.69, 9.17) is 9.47 Å². The molecule has 7 heteroatoms. The van der Waals surface area contributed by atoms with Crippen LogP contribution in [0.1, 0.15) is 33.0 Å². The van der Waals surface area contributed by atoms with Gasteiger partial charge in [-0.25, -0.2) is 9.59 Å². The summed E-state index contributed by atoms with van der Waals surface area (Å²) in [7, 11) is 2.51. The van der Waals surface area contributed by atoms with Crippen LogP contribution in [-0.2, 0) is 19.1 Å². The summed E-state index contributed by atoms with van der Waals surface area (Å²) < 4.78 is 9.80. The van der Waals surface area contributed by atoms with Crippen LogP contribution in [0.4, 0.5) is 0 Å². The Bertz CT molecular complexity index is 1080. The fourth-order valence-electron chi connectivity index (χ4n) is 3.66. The molecule has 0 fully saturated rings. The van der Waals surface area contributed by atoms with Gasteiger partial charge in [0.2, 0.25) is 0 Å². The lowest BCUT2D eigenvalue weighted by molar-refractivity contribution is -0.137. The zero-order valence-corrected chi connectivity index (χ0v) is 15.2. The Kier molecular flexibility index (Phi) is 4.27. The zero-order chi connectivity index (χ0) is 19.8. The highest BCUT2D eigenvalue weighted by Gasteiger charge is 2.42. The number of nitrogens with zero attached hydrogens (tertiary/aromatic N) is 1. The predicted molar refractivity (Wildman–Crippen MR) is 101 cm³/mol. The third-order valence-corrected chi connectivity index (χ3v) is 4.88. The number of nitrogens with one attached hydrogen (secondary N) is 1. The molecule has 1 aliphatic carbocycles. The molecule has 0 bridgehead atoms. The van der Waals surface area contributed by atoms with Gasteiger partial charge in [-0.1, -0.05) is 48.5 Å². The monoisotopic (exact) mass is 376 g/mol. The van der Waals surface area contributed by atoms with Gasteiger partial charge in [0.1, 0.15) is 5.70 Å². The minimum Gasteiger partial charge on any atom is -0.464 e. The first-order chi connectivity index (χ1) is 13.6. The summed E-state index contributed by atoms with van der Waals surface area (Å²) in [4.78, 5) is 38.2. The molecule has 2 aliphatic rings. The number of methoxy groups -OCH3 is 2. The van der Waals surface area contributed by atoms with E-state index in [1.807, 2.05) is 0 Å². The number of benzene rings is 2. The molecule has 0 saturated heterocycles. The Morgan fingerprint density at radius 2 is 1.50 bits per heavy atom. The van der Waals surface area contributed by atoms with E-state index in [0.29, 0.717) is 27.8 Å². The smallest absolute Gasteiger partial charge is 0.356 e. The molecule has 0 aromatic heterocycles. The van der Waals surface area contributed by atoms with Gasteiger partial charge in [0.25, 0.3) is 0 Å². The number of carbonyl (C=O) groups excluding carboxylic acids is 3.